The van der Waals surface area contributed by atoms with E-state index in [0.717, 1.165) is 12.7 Å². The molecule has 0 aromatic carbocycles. The van der Waals surface area contributed by atoms with Gasteiger partial charge in [-0.25, -0.2) is 0 Å². The lowest BCUT2D eigenvalue weighted by Crippen LogP contribution is -2.06. The first-order valence-electron chi connectivity index (χ1n) is 5.41. The molecular weight excluding hydrogens is 172 g/mol. The molecule has 0 saturated heterocycles. The van der Waals surface area contributed by atoms with Crippen molar-refractivity contribution >= 4 is 0 Å². The average molecular weight is 196 g/mol. The van der Waals surface area contributed by atoms with Crippen molar-refractivity contribution in [1.29, 1.82) is 0 Å². The lowest BCUT2D eigenvalue weighted by Gasteiger charge is -2.18. The summed E-state index contributed by atoms with van der Waals surface area (Å²) in [5.41, 5.74) is 3.73. The Labute approximate surface area is 88.5 Å². The molecule has 0 atom stereocenters. The molecule has 0 bridgehead atoms. The van der Waals surface area contributed by atoms with Crippen LogP contribution in [0.1, 0.15) is 53.9 Å². The van der Waals surface area contributed by atoms with E-state index in [9.17, 15) is 0 Å². The summed E-state index contributed by atoms with van der Waals surface area (Å²) in [4.78, 5) is 0. The van der Waals surface area contributed by atoms with Crippen LogP contribution in [-0.4, -0.2) is 5.11 Å². The molecule has 0 amide bonds. The number of hydrogen-bond donors (Lipinski definition) is 1. The first kappa shape index (κ1) is 13.3. The smallest absolute Gasteiger partial charge is 0.0751 e. The molecule has 1 aliphatic carbocycles. The Bertz CT molecular complexity index is 221. The molecule has 0 fully saturated rings. The summed E-state index contributed by atoms with van der Waals surface area (Å²) in [5.74, 6) is 0. The maximum Gasteiger partial charge on any atom is 0.0751 e. The largest absolute Gasteiger partial charge is 0.516 e. The Morgan fingerprint density at radius 3 is 2.00 bits per heavy atom. The highest BCUT2D eigenvalue weighted by atomic mass is 16.2. The van der Waals surface area contributed by atoms with Crippen LogP contribution in [0.25, 0.3) is 0 Å². The topological polar surface area (TPSA) is 20.2 Å². The molecule has 1 N–H and O–H groups in total. The number of hydrogen-bond acceptors (Lipinski definition) is 1. The molecule has 0 spiro atoms. The van der Waals surface area contributed by atoms with E-state index in [0.29, 0.717) is 5.41 Å². The van der Waals surface area contributed by atoms with Gasteiger partial charge in [-0.2, -0.15) is 0 Å². The van der Waals surface area contributed by atoms with E-state index in [4.69, 9.17) is 5.11 Å². The van der Waals surface area contributed by atoms with Crippen LogP contribution in [0.15, 0.2) is 23.5 Å². The van der Waals surface area contributed by atoms with Crippen LogP contribution in [0.3, 0.4) is 0 Å². The monoisotopic (exact) mass is 196 g/mol. The summed E-state index contributed by atoms with van der Waals surface area (Å²) >= 11 is 0. The van der Waals surface area contributed by atoms with E-state index >= 15 is 0 Å². The van der Waals surface area contributed by atoms with Crippen LogP contribution in [0.4, 0.5) is 0 Å². The van der Waals surface area contributed by atoms with Crippen molar-refractivity contribution in [1.82, 2.24) is 0 Å². The van der Waals surface area contributed by atoms with E-state index in [-0.39, 0.29) is 0 Å². The Kier molecular flexibility index (Phi) is 5.59. The van der Waals surface area contributed by atoms with Gasteiger partial charge in [0.25, 0.3) is 0 Å². The van der Waals surface area contributed by atoms with Gasteiger partial charge < -0.3 is 5.11 Å². The molecule has 0 radical (unpaired) electrons. The molecule has 0 aromatic rings. The lowest BCUT2D eigenvalue weighted by molar-refractivity contribution is 0.443. The summed E-state index contributed by atoms with van der Waals surface area (Å²) in [7, 11) is 0. The van der Waals surface area contributed by atoms with Crippen LogP contribution < -0.4 is 0 Å². The molecule has 1 nitrogen and oxygen atoms in total. The molecular formula is C13H24O. The Balaban J connectivity index is 0.000000292. The SMILES string of the molecule is CC1=C(C)C(C)(C)CC1.CCC=CO. The molecule has 0 unspecified atom stereocenters. The zero-order valence-electron chi connectivity index (χ0n) is 10.2. The Morgan fingerprint density at radius 1 is 1.36 bits per heavy atom. The zero-order chi connectivity index (χ0) is 11.2. The second-order valence-electron chi connectivity index (χ2n) is 4.58. The van der Waals surface area contributed by atoms with Gasteiger partial charge in [0.2, 0.25) is 0 Å². The minimum absolute atomic E-state index is 0.504. The van der Waals surface area contributed by atoms with Gasteiger partial charge in [0, 0.05) is 0 Å². The number of aliphatic hydroxyl groups excluding tert-OH is 1. The Morgan fingerprint density at radius 2 is 1.93 bits per heavy atom. The first-order chi connectivity index (χ1) is 6.45. The highest BCUT2D eigenvalue weighted by Gasteiger charge is 2.26. The maximum absolute atomic E-state index is 7.89. The van der Waals surface area contributed by atoms with Gasteiger partial charge >= 0.3 is 0 Å². The van der Waals surface area contributed by atoms with Crippen LogP contribution in [0.2, 0.25) is 0 Å². The number of rotatable bonds is 1. The highest BCUT2D eigenvalue weighted by Crippen LogP contribution is 2.41. The lowest BCUT2D eigenvalue weighted by atomic mass is 9.87. The van der Waals surface area contributed by atoms with Crippen LogP contribution in [-0.2, 0) is 0 Å². The second-order valence-corrected chi connectivity index (χ2v) is 4.58. The van der Waals surface area contributed by atoms with Gasteiger partial charge in [0.15, 0.2) is 0 Å². The summed E-state index contributed by atoms with van der Waals surface area (Å²) < 4.78 is 0. The van der Waals surface area contributed by atoms with E-state index in [1.807, 2.05) is 6.92 Å². The fraction of sp³-hybridized carbons (Fsp3) is 0.692. The van der Waals surface area contributed by atoms with Crippen LogP contribution in [0, 0.1) is 5.41 Å². The van der Waals surface area contributed by atoms with Crippen molar-refractivity contribution in [3.63, 3.8) is 0 Å². The highest BCUT2D eigenvalue weighted by molar-refractivity contribution is 5.22. The van der Waals surface area contributed by atoms with Crippen molar-refractivity contribution in [3.05, 3.63) is 23.5 Å². The standard InChI is InChI=1S/C9H16.C4H8O/c1-7-5-6-9(3,4)8(7)2;1-2-3-4-5/h5-6H2,1-4H3;3-5H,2H2,1H3. The minimum atomic E-state index is 0.504. The molecule has 0 saturated carbocycles. The van der Waals surface area contributed by atoms with Crippen LogP contribution in [0.5, 0.6) is 0 Å². The van der Waals surface area contributed by atoms with Crippen molar-refractivity contribution in [2.45, 2.75) is 53.9 Å². The third-order valence-electron chi connectivity index (χ3n) is 3.12. The molecule has 1 heteroatoms. The fourth-order valence-electron chi connectivity index (χ4n) is 1.56. The van der Waals surface area contributed by atoms with Gasteiger partial charge in [0.1, 0.15) is 0 Å². The van der Waals surface area contributed by atoms with Crippen LogP contribution >= 0.6 is 0 Å². The second kappa shape index (κ2) is 5.90. The van der Waals surface area contributed by atoms with Gasteiger partial charge in [0.05, 0.1) is 6.26 Å². The molecule has 82 valence electrons. The number of aliphatic hydroxyl groups is 1. The van der Waals surface area contributed by atoms with Crippen molar-refractivity contribution < 1.29 is 5.11 Å². The zero-order valence-corrected chi connectivity index (χ0v) is 10.2. The maximum atomic E-state index is 7.89. The van der Waals surface area contributed by atoms with Crippen molar-refractivity contribution in [2.75, 3.05) is 0 Å². The van der Waals surface area contributed by atoms with Crippen molar-refractivity contribution in [2.24, 2.45) is 5.41 Å². The summed E-state index contributed by atoms with van der Waals surface area (Å²) in [6.07, 6.45) is 6.32. The van der Waals surface area contributed by atoms with E-state index in [1.54, 1.807) is 17.2 Å². The predicted octanol–water partition coefficient (Wildman–Crippen LogP) is 4.61. The van der Waals surface area contributed by atoms with Gasteiger partial charge in [-0.15, -0.1) is 0 Å². The van der Waals surface area contributed by atoms with Gasteiger partial charge in [-0.1, -0.05) is 38.0 Å². The summed E-state index contributed by atoms with van der Waals surface area (Å²) in [6.45, 7) is 11.1. The number of allylic oxidation sites excluding steroid dienone is 3. The van der Waals surface area contributed by atoms with E-state index < -0.39 is 0 Å². The third-order valence-corrected chi connectivity index (χ3v) is 3.12. The Hall–Kier alpha value is -0.720. The van der Waals surface area contributed by atoms with E-state index in [1.165, 1.54) is 12.8 Å². The fourth-order valence-corrected chi connectivity index (χ4v) is 1.56. The van der Waals surface area contributed by atoms with Gasteiger partial charge in [-0.05, 0) is 38.5 Å². The van der Waals surface area contributed by atoms with Gasteiger partial charge in [-0.3, -0.25) is 0 Å². The molecule has 14 heavy (non-hydrogen) atoms. The van der Waals surface area contributed by atoms with Crippen molar-refractivity contribution in [3.8, 4) is 0 Å². The molecule has 0 heterocycles. The molecule has 1 aliphatic rings. The average Bonchev–Trinajstić information content (AvgIpc) is 2.35. The first-order valence-corrected chi connectivity index (χ1v) is 5.41. The summed E-state index contributed by atoms with van der Waals surface area (Å²) in [5, 5.41) is 7.89. The molecule has 1 rings (SSSR count). The quantitative estimate of drug-likeness (QED) is 0.479. The van der Waals surface area contributed by atoms with E-state index in [2.05, 4.69) is 27.7 Å². The minimum Gasteiger partial charge on any atom is -0.516 e. The molecule has 0 aliphatic heterocycles. The summed E-state index contributed by atoms with van der Waals surface area (Å²) in [6, 6.07) is 0. The normalized spacial score (nSPS) is 19.8. The predicted molar refractivity (Wildman–Crippen MR) is 63.4 cm³/mol. The third kappa shape index (κ3) is 3.99. The molecule has 0 aromatic heterocycles.